The van der Waals surface area contributed by atoms with Gasteiger partial charge in [-0.1, -0.05) is 13.3 Å². The zero-order valence-electron chi connectivity index (χ0n) is 10.3. The van der Waals surface area contributed by atoms with E-state index < -0.39 is 0 Å². The van der Waals surface area contributed by atoms with E-state index >= 15 is 0 Å². The van der Waals surface area contributed by atoms with Gasteiger partial charge < -0.3 is 0 Å². The minimum atomic E-state index is 0.784. The molecule has 1 heterocycles. The summed E-state index contributed by atoms with van der Waals surface area (Å²) in [6.07, 6.45) is 5.09. The van der Waals surface area contributed by atoms with Crippen molar-refractivity contribution < 1.29 is 0 Å². The second kappa shape index (κ2) is 4.88. The largest absolute Gasteiger partial charge is 0.298 e. The van der Waals surface area contributed by atoms with E-state index in [1.165, 1.54) is 35.1 Å². The van der Waals surface area contributed by atoms with Crippen LogP contribution >= 0.6 is 15.9 Å². The van der Waals surface area contributed by atoms with Crippen LogP contribution in [0.1, 0.15) is 37.6 Å². The van der Waals surface area contributed by atoms with Crippen LogP contribution in [0.2, 0.25) is 0 Å². The summed E-state index contributed by atoms with van der Waals surface area (Å²) in [5.41, 5.74) is 2.46. The molecule has 16 heavy (non-hydrogen) atoms. The van der Waals surface area contributed by atoms with Crippen LogP contribution < -0.4 is 0 Å². The Balaban J connectivity index is 2.10. The monoisotopic (exact) mass is 285 g/mol. The molecule has 1 saturated carbocycles. The van der Waals surface area contributed by atoms with Crippen LogP contribution in [0.5, 0.6) is 0 Å². The summed E-state index contributed by atoms with van der Waals surface area (Å²) >= 11 is 3.67. The molecule has 0 bridgehead atoms. The predicted octanol–water partition coefficient (Wildman–Crippen LogP) is 2.73. The number of halogens is 1. The summed E-state index contributed by atoms with van der Waals surface area (Å²) in [7, 11) is 4.25. The third-order valence-electron chi connectivity index (χ3n) is 3.60. The maximum atomic E-state index is 4.53. The summed E-state index contributed by atoms with van der Waals surface area (Å²) in [4.78, 5) is 2.45. The van der Waals surface area contributed by atoms with Crippen molar-refractivity contribution in [3.05, 3.63) is 15.9 Å². The first kappa shape index (κ1) is 12.1. The average Bonchev–Trinajstić information content (AvgIpc) is 2.42. The lowest BCUT2D eigenvalue weighted by Gasteiger charge is -2.34. The van der Waals surface area contributed by atoms with Gasteiger partial charge in [-0.05, 0) is 42.2 Å². The lowest BCUT2D eigenvalue weighted by atomic mass is 9.92. The Morgan fingerprint density at radius 1 is 1.50 bits per heavy atom. The van der Waals surface area contributed by atoms with E-state index in [2.05, 4.69) is 39.9 Å². The van der Waals surface area contributed by atoms with E-state index in [1.54, 1.807) is 0 Å². The van der Waals surface area contributed by atoms with Gasteiger partial charge in [-0.15, -0.1) is 0 Å². The molecule has 0 spiro atoms. The van der Waals surface area contributed by atoms with Gasteiger partial charge in [-0.3, -0.25) is 9.58 Å². The number of hydrogen-bond donors (Lipinski definition) is 0. The van der Waals surface area contributed by atoms with Crippen LogP contribution in [0, 0.1) is 0 Å². The topological polar surface area (TPSA) is 21.1 Å². The van der Waals surface area contributed by atoms with Gasteiger partial charge in [0, 0.05) is 19.6 Å². The maximum Gasteiger partial charge on any atom is 0.0767 e. The number of rotatable bonds is 4. The molecule has 1 fully saturated rings. The summed E-state index contributed by atoms with van der Waals surface area (Å²) in [5.74, 6) is 0. The lowest BCUT2D eigenvalue weighted by Crippen LogP contribution is -2.37. The Hall–Kier alpha value is -0.350. The molecule has 0 saturated heterocycles. The van der Waals surface area contributed by atoms with E-state index in [0.717, 1.165) is 19.0 Å². The number of nitrogens with zero attached hydrogens (tertiary/aromatic N) is 3. The molecule has 0 aliphatic heterocycles. The van der Waals surface area contributed by atoms with Crippen molar-refractivity contribution >= 4 is 15.9 Å². The molecule has 0 amide bonds. The molecule has 1 aliphatic carbocycles. The number of aromatic nitrogens is 2. The fourth-order valence-electron chi connectivity index (χ4n) is 2.18. The summed E-state index contributed by atoms with van der Waals surface area (Å²) in [6, 6.07) is 0.784. The van der Waals surface area contributed by atoms with Crippen LogP contribution in [0.25, 0.3) is 0 Å². The van der Waals surface area contributed by atoms with Crippen LogP contribution in [0.15, 0.2) is 4.47 Å². The van der Waals surface area contributed by atoms with E-state index in [-0.39, 0.29) is 0 Å². The Kier molecular flexibility index (Phi) is 3.70. The Morgan fingerprint density at radius 3 is 2.62 bits per heavy atom. The van der Waals surface area contributed by atoms with Crippen LogP contribution in [-0.4, -0.2) is 27.8 Å². The van der Waals surface area contributed by atoms with Gasteiger partial charge in [0.05, 0.1) is 15.9 Å². The van der Waals surface area contributed by atoms with Gasteiger partial charge in [0.1, 0.15) is 0 Å². The van der Waals surface area contributed by atoms with E-state index in [9.17, 15) is 0 Å². The molecule has 1 aromatic rings. The second-order valence-corrected chi connectivity index (χ2v) is 5.48. The van der Waals surface area contributed by atoms with Crippen molar-refractivity contribution in [2.24, 2.45) is 7.05 Å². The highest BCUT2D eigenvalue weighted by atomic mass is 79.9. The molecule has 1 aromatic heterocycles. The van der Waals surface area contributed by atoms with Crippen molar-refractivity contribution in [1.82, 2.24) is 14.7 Å². The third-order valence-corrected chi connectivity index (χ3v) is 4.52. The van der Waals surface area contributed by atoms with Crippen molar-refractivity contribution in [1.29, 1.82) is 0 Å². The third kappa shape index (κ3) is 2.18. The smallest absolute Gasteiger partial charge is 0.0767 e. The molecule has 0 N–H and O–H groups in total. The Labute approximate surface area is 106 Å². The van der Waals surface area contributed by atoms with Gasteiger partial charge in [-0.2, -0.15) is 5.10 Å². The van der Waals surface area contributed by atoms with Crippen molar-refractivity contribution in [2.75, 3.05) is 7.05 Å². The van der Waals surface area contributed by atoms with Gasteiger partial charge in [-0.25, -0.2) is 0 Å². The van der Waals surface area contributed by atoms with Crippen LogP contribution in [0.3, 0.4) is 0 Å². The van der Waals surface area contributed by atoms with Crippen molar-refractivity contribution in [2.45, 2.75) is 45.2 Å². The molecular weight excluding hydrogens is 266 g/mol. The fraction of sp³-hybridized carbons (Fsp3) is 0.750. The first-order valence-corrected chi connectivity index (χ1v) is 6.83. The SMILES string of the molecule is CCc1nn(C)c(CN(C)C2CCC2)c1Br. The van der Waals surface area contributed by atoms with E-state index in [0.29, 0.717) is 0 Å². The predicted molar refractivity (Wildman–Crippen MR) is 69.4 cm³/mol. The highest BCUT2D eigenvalue weighted by molar-refractivity contribution is 9.10. The van der Waals surface area contributed by atoms with Crippen LogP contribution in [0.4, 0.5) is 0 Å². The van der Waals surface area contributed by atoms with Gasteiger partial charge >= 0.3 is 0 Å². The van der Waals surface area contributed by atoms with Gasteiger partial charge in [0.2, 0.25) is 0 Å². The first-order valence-electron chi connectivity index (χ1n) is 6.04. The molecule has 0 unspecified atom stereocenters. The molecule has 90 valence electrons. The second-order valence-electron chi connectivity index (χ2n) is 4.68. The van der Waals surface area contributed by atoms with Crippen molar-refractivity contribution in [3.63, 3.8) is 0 Å². The number of hydrogen-bond acceptors (Lipinski definition) is 2. The minimum Gasteiger partial charge on any atom is -0.298 e. The Bertz CT molecular complexity index is 369. The molecular formula is C12H20BrN3. The standard InChI is InChI=1S/C12H20BrN3/c1-4-10-12(13)11(16(3)14-10)8-15(2)9-6-5-7-9/h9H,4-8H2,1-3H3. The highest BCUT2D eigenvalue weighted by Crippen LogP contribution is 2.27. The van der Waals surface area contributed by atoms with Gasteiger partial charge in [0.15, 0.2) is 0 Å². The molecule has 1 aliphatic rings. The zero-order valence-corrected chi connectivity index (χ0v) is 11.9. The normalized spacial score (nSPS) is 16.8. The minimum absolute atomic E-state index is 0.784. The average molecular weight is 286 g/mol. The van der Waals surface area contributed by atoms with Crippen LogP contribution in [-0.2, 0) is 20.0 Å². The van der Waals surface area contributed by atoms with E-state index in [4.69, 9.17) is 0 Å². The lowest BCUT2D eigenvalue weighted by molar-refractivity contribution is 0.149. The molecule has 0 aromatic carbocycles. The molecule has 0 radical (unpaired) electrons. The zero-order chi connectivity index (χ0) is 11.7. The number of aryl methyl sites for hydroxylation is 2. The maximum absolute atomic E-state index is 4.53. The summed E-state index contributed by atoms with van der Waals surface area (Å²) < 4.78 is 3.21. The summed E-state index contributed by atoms with van der Waals surface area (Å²) in [6.45, 7) is 3.14. The fourth-order valence-corrected chi connectivity index (χ4v) is 2.93. The van der Waals surface area contributed by atoms with Gasteiger partial charge in [0.25, 0.3) is 0 Å². The molecule has 0 atom stereocenters. The van der Waals surface area contributed by atoms with E-state index in [1.807, 2.05) is 11.7 Å². The first-order chi connectivity index (χ1) is 7.63. The Morgan fingerprint density at radius 2 is 2.19 bits per heavy atom. The quantitative estimate of drug-likeness (QED) is 0.848. The molecule has 4 heteroatoms. The molecule has 3 nitrogen and oxygen atoms in total. The van der Waals surface area contributed by atoms with Crippen molar-refractivity contribution in [3.8, 4) is 0 Å². The summed E-state index contributed by atoms with van der Waals surface area (Å²) in [5, 5.41) is 4.53. The molecule has 2 rings (SSSR count). The highest BCUT2D eigenvalue weighted by Gasteiger charge is 2.24.